The van der Waals surface area contributed by atoms with E-state index in [1.165, 1.54) is 11.0 Å². The molecule has 0 unspecified atom stereocenters. The summed E-state index contributed by atoms with van der Waals surface area (Å²) in [4.78, 5) is 13.9. The fourth-order valence-corrected chi connectivity index (χ4v) is 2.59. The third kappa shape index (κ3) is 3.78. The number of carbonyl (C=O) groups excluding carboxylic acids is 1. The molecule has 3 N–H and O–H groups in total. The second-order valence-electron chi connectivity index (χ2n) is 5.35. The van der Waals surface area contributed by atoms with Gasteiger partial charge in [-0.05, 0) is 18.9 Å². The predicted molar refractivity (Wildman–Crippen MR) is 76.0 cm³/mol. The fourth-order valence-electron chi connectivity index (χ4n) is 2.59. The fraction of sp³-hybridized carbons (Fsp3) is 0.533. The van der Waals surface area contributed by atoms with Gasteiger partial charge < -0.3 is 20.4 Å². The van der Waals surface area contributed by atoms with Crippen LogP contribution in [0.1, 0.15) is 18.4 Å². The van der Waals surface area contributed by atoms with Crippen molar-refractivity contribution in [3.05, 3.63) is 35.6 Å². The van der Waals surface area contributed by atoms with Crippen molar-refractivity contribution in [2.45, 2.75) is 25.0 Å². The molecular weight excluding hydrogens is 275 g/mol. The van der Waals surface area contributed by atoms with Crippen LogP contribution in [-0.2, 0) is 11.3 Å². The van der Waals surface area contributed by atoms with Gasteiger partial charge in [-0.3, -0.25) is 4.79 Å². The van der Waals surface area contributed by atoms with E-state index in [-0.39, 0.29) is 31.4 Å². The highest BCUT2D eigenvalue weighted by molar-refractivity contribution is 5.86. The van der Waals surface area contributed by atoms with Gasteiger partial charge in [-0.2, -0.15) is 0 Å². The first-order valence-electron chi connectivity index (χ1n) is 7.13. The maximum Gasteiger partial charge on any atom is 0.256 e. The normalized spacial score (nSPS) is 22.6. The van der Waals surface area contributed by atoms with Crippen LogP contribution >= 0.6 is 0 Å². The Bertz CT molecular complexity index is 498. The molecule has 1 aliphatic rings. The number of amides is 1. The Hall–Kier alpha value is -1.50. The second-order valence-corrected chi connectivity index (χ2v) is 5.35. The number of halogens is 1. The Labute approximate surface area is 123 Å². The number of likely N-dealkylation sites (tertiary alicyclic amines) is 1. The molecule has 0 bridgehead atoms. The monoisotopic (exact) mass is 296 g/mol. The van der Waals surface area contributed by atoms with Crippen LogP contribution in [0.5, 0.6) is 0 Å². The summed E-state index contributed by atoms with van der Waals surface area (Å²) in [7, 11) is 0. The van der Waals surface area contributed by atoms with Crippen molar-refractivity contribution in [1.82, 2.24) is 10.2 Å². The van der Waals surface area contributed by atoms with Gasteiger partial charge in [-0.25, -0.2) is 4.39 Å². The zero-order valence-electron chi connectivity index (χ0n) is 11.9. The lowest BCUT2D eigenvalue weighted by Crippen LogP contribution is -2.57. The van der Waals surface area contributed by atoms with Gasteiger partial charge in [-0.15, -0.1) is 0 Å². The summed E-state index contributed by atoms with van der Waals surface area (Å²) in [5.41, 5.74) is -1.03. The second kappa shape index (κ2) is 6.98. The average molecular weight is 296 g/mol. The van der Waals surface area contributed by atoms with Gasteiger partial charge >= 0.3 is 0 Å². The molecule has 0 radical (unpaired) electrons. The molecule has 2 rings (SSSR count). The van der Waals surface area contributed by atoms with E-state index in [4.69, 9.17) is 5.11 Å². The number of nitrogens with zero attached hydrogens (tertiary/aromatic N) is 1. The first kappa shape index (κ1) is 15.9. The molecule has 1 fully saturated rings. The van der Waals surface area contributed by atoms with Crippen molar-refractivity contribution < 1.29 is 19.4 Å². The molecule has 0 spiro atoms. The van der Waals surface area contributed by atoms with Crippen molar-refractivity contribution in [3.8, 4) is 0 Å². The van der Waals surface area contributed by atoms with Crippen LogP contribution in [0.4, 0.5) is 4.39 Å². The third-order valence-corrected chi connectivity index (χ3v) is 3.73. The zero-order chi connectivity index (χ0) is 15.3. The summed E-state index contributed by atoms with van der Waals surface area (Å²) < 4.78 is 13.7. The average Bonchev–Trinajstić information content (AvgIpc) is 2.47. The molecule has 1 aromatic rings. The van der Waals surface area contributed by atoms with Gasteiger partial charge in [0.25, 0.3) is 5.91 Å². The first-order valence-corrected chi connectivity index (χ1v) is 7.13. The largest absolute Gasteiger partial charge is 0.395 e. The lowest BCUT2D eigenvalue weighted by molar-refractivity contribution is -0.157. The molecule has 1 aromatic carbocycles. The van der Waals surface area contributed by atoms with Crippen molar-refractivity contribution in [2.24, 2.45) is 0 Å². The molecule has 1 amide bonds. The van der Waals surface area contributed by atoms with Gasteiger partial charge in [0.05, 0.1) is 6.61 Å². The van der Waals surface area contributed by atoms with E-state index in [1.807, 2.05) is 0 Å². The van der Waals surface area contributed by atoms with Crippen molar-refractivity contribution in [3.63, 3.8) is 0 Å². The van der Waals surface area contributed by atoms with Crippen molar-refractivity contribution in [2.75, 3.05) is 26.2 Å². The van der Waals surface area contributed by atoms with E-state index in [9.17, 15) is 14.3 Å². The summed E-state index contributed by atoms with van der Waals surface area (Å²) in [5.74, 6) is -0.736. The van der Waals surface area contributed by atoms with Crippen LogP contribution in [0.2, 0.25) is 0 Å². The summed E-state index contributed by atoms with van der Waals surface area (Å²) in [6.45, 7) is 1.04. The Kier molecular flexibility index (Phi) is 5.27. The van der Waals surface area contributed by atoms with E-state index in [0.717, 1.165) is 0 Å². The third-order valence-electron chi connectivity index (χ3n) is 3.73. The van der Waals surface area contributed by atoms with Gasteiger partial charge in [-0.1, -0.05) is 18.2 Å². The highest BCUT2D eigenvalue weighted by Gasteiger charge is 2.41. The SMILES string of the molecule is O=C1N(Cc2ccccc2F)CCC[C@@]1(O)CNCCO. The lowest BCUT2D eigenvalue weighted by Gasteiger charge is -2.38. The van der Waals surface area contributed by atoms with Gasteiger partial charge in [0.1, 0.15) is 5.82 Å². The minimum Gasteiger partial charge on any atom is -0.395 e. The molecule has 1 atom stereocenters. The summed E-state index contributed by atoms with van der Waals surface area (Å²) in [6.07, 6.45) is 1.04. The smallest absolute Gasteiger partial charge is 0.256 e. The molecule has 0 saturated carbocycles. The Morgan fingerprint density at radius 3 is 2.86 bits per heavy atom. The minimum absolute atomic E-state index is 0.0524. The molecule has 5 nitrogen and oxygen atoms in total. The zero-order valence-corrected chi connectivity index (χ0v) is 11.9. The summed E-state index contributed by atoms with van der Waals surface area (Å²) in [5, 5.41) is 22.0. The van der Waals surface area contributed by atoms with Crippen LogP contribution < -0.4 is 5.32 Å². The molecule has 1 heterocycles. The quantitative estimate of drug-likeness (QED) is 0.659. The summed E-state index contributed by atoms with van der Waals surface area (Å²) in [6, 6.07) is 6.33. The molecular formula is C15H21FN2O3. The number of aliphatic hydroxyl groups excluding tert-OH is 1. The van der Waals surface area contributed by atoms with Crippen LogP contribution in [-0.4, -0.2) is 52.9 Å². The Balaban J connectivity index is 2.04. The predicted octanol–water partition coefficient (Wildman–Crippen LogP) is 0.261. The highest BCUT2D eigenvalue weighted by atomic mass is 19.1. The minimum atomic E-state index is -1.47. The van der Waals surface area contributed by atoms with Crippen LogP contribution in [0, 0.1) is 5.82 Å². The molecule has 1 saturated heterocycles. The van der Waals surface area contributed by atoms with Gasteiger partial charge in [0, 0.05) is 31.7 Å². The number of hydrogen-bond acceptors (Lipinski definition) is 4. The lowest BCUT2D eigenvalue weighted by atomic mass is 9.91. The molecule has 116 valence electrons. The number of hydrogen-bond donors (Lipinski definition) is 3. The Morgan fingerprint density at radius 1 is 1.38 bits per heavy atom. The molecule has 1 aliphatic heterocycles. The number of benzene rings is 1. The molecule has 6 heteroatoms. The molecule has 0 aromatic heterocycles. The number of aliphatic hydroxyl groups is 2. The number of carbonyl (C=O) groups is 1. The van der Waals surface area contributed by atoms with Gasteiger partial charge in [0.15, 0.2) is 5.60 Å². The topological polar surface area (TPSA) is 72.8 Å². The van der Waals surface area contributed by atoms with E-state index >= 15 is 0 Å². The van der Waals surface area contributed by atoms with Crippen molar-refractivity contribution in [1.29, 1.82) is 0 Å². The van der Waals surface area contributed by atoms with Crippen molar-refractivity contribution >= 4 is 5.91 Å². The maximum absolute atomic E-state index is 13.7. The maximum atomic E-state index is 13.7. The van der Waals surface area contributed by atoms with Crippen LogP contribution in [0.15, 0.2) is 24.3 Å². The van der Waals surface area contributed by atoms with E-state index in [2.05, 4.69) is 5.32 Å². The number of rotatable bonds is 6. The number of nitrogens with one attached hydrogen (secondary N) is 1. The first-order chi connectivity index (χ1) is 10.1. The standard InChI is InChI=1S/C15H21FN2O3/c16-13-5-2-1-4-12(13)10-18-8-3-6-15(21,14(18)20)11-17-7-9-19/h1-2,4-5,17,19,21H,3,6-11H2/t15-/m1/s1. The number of piperidine rings is 1. The molecule has 21 heavy (non-hydrogen) atoms. The van der Waals surface area contributed by atoms with Crippen LogP contribution in [0.3, 0.4) is 0 Å². The molecule has 0 aliphatic carbocycles. The van der Waals surface area contributed by atoms with Gasteiger partial charge in [0.2, 0.25) is 0 Å². The summed E-state index contributed by atoms with van der Waals surface area (Å²) >= 11 is 0. The highest BCUT2D eigenvalue weighted by Crippen LogP contribution is 2.24. The van der Waals surface area contributed by atoms with Crippen LogP contribution in [0.25, 0.3) is 0 Å². The van der Waals surface area contributed by atoms with E-state index in [1.54, 1.807) is 18.2 Å². The van der Waals surface area contributed by atoms with E-state index < -0.39 is 5.60 Å². The van der Waals surface area contributed by atoms with E-state index in [0.29, 0.717) is 31.5 Å². The Morgan fingerprint density at radius 2 is 2.14 bits per heavy atom.